The zero-order valence-corrected chi connectivity index (χ0v) is 14.0. The maximum Gasteiger partial charge on any atom is 0.410 e. The molecule has 1 N–H and O–H groups in total. The quantitative estimate of drug-likeness (QED) is 0.819. The van der Waals surface area contributed by atoms with Crippen LogP contribution in [-0.4, -0.2) is 48.5 Å². The molecule has 0 saturated heterocycles. The number of rotatable bonds is 6. The molecular weight excluding hydrogens is 282 g/mol. The van der Waals surface area contributed by atoms with Gasteiger partial charge in [0.1, 0.15) is 18.0 Å². The average Bonchev–Trinajstić information content (AvgIpc) is 2.44. The Balaban J connectivity index is 2.51. The van der Waals surface area contributed by atoms with Crippen molar-refractivity contribution in [3.8, 4) is 0 Å². The number of amides is 1. The summed E-state index contributed by atoms with van der Waals surface area (Å²) in [5, 5.41) is 8.84. The highest BCUT2D eigenvalue weighted by atomic mass is 16.6. The van der Waals surface area contributed by atoms with Crippen molar-refractivity contribution >= 4 is 6.09 Å². The number of carbonyl (C=O) groups is 1. The van der Waals surface area contributed by atoms with E-state index >= 15 is 0 Å². The lowest BCUT2D eigenvalue weighted by molar-refractivity contribution is 0.0317. The zero-order chi connectivity index (χ0) is 16.6. The van der Waals surface area contributed by atoms with Gasteiger partial charge in [0.05, 0.1) is 6.61 Å². The normalized spacial score (nSPS) is 15.3. The van der Waals surface area contributed by atoms with Crippen LogP contribution in [-0.2, 0) is 9.47 Å². The fourth-order valence-corrected chi connectivity index (χ4v) is 1.87. The number of hydrogen-bond donors (Lipinski definition) is 1. The molecular formula is C17H27NO4. The lowest BCUT2D eigenvalue weighted by Crippen LogP contribution is -2.34. The molecule has 5 heteroatoms. The number of nitrogens with zero attached hydrogens (tertiary/aromatic N) is 1. The van der Waals surface area contributed by atoms with E-state index in [1.54, 1.807) is 7.05 Å². The smallest absolute Gasteiger partial charge is 0.410 e. The fourth-order valence-electron chi connectivity index (χ4n) is 1.87. The third kappa shape index (κ3) is 6.80. The van der Waals surface area contributed by atoms with Crippen LogP contribution < -0.4 is 0 Å². The van der Waals surface area contributed by atoms with Crippen molar-refractivity contribution < 1.29 is 19.4 Å². The van der Waals surface area contributed by atoms with Crippen LogP contribution >= 0.6 is 0 Å². The number of aliphatic hydroxyl groups excluding tert-OH is 1. The highest BCUT2D eigenvalue weighted by Crippen LogP contribution is 2.21. The molecule has 0 aliphatic heterocycles. The Labute approximate surface area is 132 Å². The number of likely N-dealkylation sites (N-methyl/N-ethyl adjacent to an activating group) is 1. The Morgan fingerprint density at radius 2 is 2.05 bits per heavy atom. The monoisotopic (exact) mass is 309 g/mol. The molecule has 5 nitrogen and oxygen atoms in total. The van der Waals surface area contributed by atoms with Gasteiger partial charge in [-0.2, -0.15) is 0 Å². The number of carbonyl (C=O) groups excluding carboxylic acids is 1. The number of allylic oxidation sites excluding steroid dienone is 3. The van der Waals surface area contributed by atoms with Gasteiger partial charge in [-0.05, 0) is 39.7 Å². The summed E-state index contributed by atoms with van der Waals surface area (Å²) in [4.78, 5) is 13.4. The van der Waals surface area contributed by atoms with Crippen LogP contribution in [0.15, 0.2) is 35.6 Å². The van der Waals surface area contributed by atoms with E-state index in [1.807, 2.05) is 39.0 Å². The number of ether oxygens (including phenoxy) is 2. The highest BCUT2D eigenvalue weighted by molar-refractivity contribution is 5.67. The van der Waals surface area contributed by atoms with Gasteiger partial charge in [0.25, 0.3) is 0 Å². The van der Waals surface area contributed by atoms with Gasteiger partial charge in [-0.1, -0.05) is 18.2 Å². The molecule has 0 spiro atoms. The van der Waals surface area contributed by atoms with Crippen molar-refractivity contribution in [2.75, 3.05) is 26.8 Å². The van der Waals surface area contributed by atoms with E-state index in [0.717, 1.165) is 24.2 Å². The van der Waals surface area contributed by atoms with Gasteiger partial charge in [-0.15, -0.1) is 0 Å². The van der Waals surface area contributed by atoms with E-state index in [1.165, 1.54) is 4.90 Å². The molecule has 0 radical (unpaired) electrons. The molecule has 0 fully saturated rings. The molecule has 0 aromatic heterocycles. The summed E-state index contributed by atoms with van der Waals surface area (Å²) >= 11 is 0. The molecule has 0 aromatic carbocycles. The Morgan fingerprint density at radius 1 is 1.36 bits per heavy atom. The van der Waals surface area contributed by atoms with Gasteiger partial charge < -0.3 is 19.5 Å². The largest absolute Gasteiger partial charge is 0.491 e. The molecule has 22 heavy (non-hydrogen) atoms. The first-order chi connectivity index (χ1) is 10.3. The first-order valence-corrected chi connectivity index (χ1v) is 7.58. The van der Waals surface area contributed by atoms with E-state index in [4.69, 9.17) is 14.6 Å². The van der Waals surface area contributed by atoms with E-state index < -0.39 is 5.60 Å². The minimum atomic E-state index is -0.491. The first kappa shape index (κ1) is 18.3. The van der Waals surface area contributed by atoms with Crippen LogP contribution in [0, 0.1) is 0 Å². The summed E-state index contributed by atoms with van der Waals surface area (Å²) in [5.74, 6) is 0.788. The van der Waals surface area contributed by atoms with Crippen molar-refractivity contribution in [2.24, 2.45) is 0 Å². The van der Waals surface area contributed by atoms with Crippen LogP contribution in [0.4, 0.5) is 4.79 Å². The summed E-state index contributed by atoms with van der Waals surface area (Å²) in [5.41, 5.74) is 0.493. The Bertz CT molecular complexity index is 458. The lowest BCUT2D eigenvalue weighted by Gasteiger charge is -2.24. The summed E-state index contributed by atoms with van der Waals surface area (Å²) in [7, 11) is 1.70. The topological polar surface area (TPSA) is 59.0 Å². The van der Waals surface area contributed by atoms with Crippen molar-refractivity contribution in [1.82, 2.24) is 4.90 Å². The van der Waals surface area contributed by atoms with E-state index in [2.05, 4.69) is 6.08 Å². The number of aliphatic hydroxyl groups is 1. The van der Waals surface area contributed by atoms with Crippen LogP contribution in [0.2, 0.25) is 0 Å². The minimum absolute atomic E-state index is 0.00425. The molecule has 0 aromatic rings. The molecule has 0 bridgehead atoms. The van der Waals surface area contributed by atoms with Crippen LogP contribution in [0.3, 0.4) is 0 Å². The summed E-state index contributed by atoms with van der Waals surface area (Å²) in [6.45, 7) is 6.27. The van der Waals surface area contributed by atoms with Crippen LogP contribution in [0.5, 0.6) is 0 Å². The van der Waals surface area contributed by atoms with Gasteiger partial charge in [0, 0.05) is 19.2 Å². The average molecular weight is 309 g/mol. The number of hydrogen-bond acceptors (Lipinski definition) is 4. The second-order valence-electron chi connectivity index (χ2n) is 6.14. The van der Waals surface area contributed by atoms with Crippen molar-refractivity contribution in [3.05, 3.63) is 35.6 Å². The third-order valence-electron chi connectivity index (χ3n) is 2.88. The fraction of sp³-hybridized carbons (Fsp3) is 0.588. The third-order valence-corrected chi connectivity index (χ3v) is 2.88. The summed E-state index contributed by atoms with van der Waals surface area (Å²) < 4.78 is 10.8. The standard InChI is InChI=1S/C17H27NO4/c1-17(2,3)22-16(20)18(4)11-7-9-14-8-5-6-10-15(14)21-13-12-19/h7-10,19H,5-6,11-13H2,1-4H3/b9-7+. The predicted octanol–water partition coefficient (Wildman–Crippen LogP) is 3.02. The van der Waals surface area contributed by atoms with Crippen molar-refractivity contribution in [1.29, 1.82) is 0 Å². The van der Waals surface area contributed by atoms with Gasteiger partial charge in [0.15, 0.2) is 0 Å². The Morgan fingerprint density at radius 3 is 2.68 bits per heavy atom. The van der Waals surface area contributed by atoms with E-state index in [-0.39, 0.29) is 19.3 Å². The lowest BCUT2D eigenvalue weighted by atomic mass is 10.0. The van der Waals surface area contributed by atoms with Gasteiger partial charge in [0.2, 0.25) is 0 Å². The molecule has 0 atom stereocenters. The summed E-state index contributed by atoms with van der Waals surface area (Å²) in [6.07, 6.45) is 9.51. The highest BCUT2D eigenvalue weighted by Gasteiger charge is 2.18. The first-order valence-electron chi connectivity index (χ1n) is 7.58. The molecule has 0 saturated carbocycles. The SMILES string of the molecule is CN(C/C=C/C1=CCCC=C1OCCO)C(=O)OC(C)(C)C. The molecule has 1 aliphatic rings. The van der Waals surface area contributed by atoms with Crippen molar-refractivity contribution in [3.63, 3.8) is 0 Å². The molecule has 124 valence electrons. The second-order valence-corrected chi connectivity index (χ2v) is 6.14. The summed E-state index contributed by atoms with van der Waals surface area (Å²) in [6, 6.07) is 0. The maximum atomic E-state index is 11.8. The predicted molar refractivity (Wildman–Crippen MR) is 86.4 cm³/mol. The Kier molecular flexibility index (Phi) is 7.18. The van der Waals surface area contributed by atoms with Gasteiger partial charge in [-0.25, -0.2) is 4.79 Å². The van der Waals surface area contributed by atoms with E-state index in [0.29, 0.717) is 6.54 Å². The Hall–Kier alpha value is -1.75. The van der Waals surface area contributed by atoms with Crippen LogP contribution in [0.1, 0.15) is 33.6 Å². The molecule has 0 unspecified atom stereocenters. The molecule has 1 rings (SSSR count). The second kappa shape index (κ2) is 8.63. The van der Waals surface area contributed by atoms with Gasteiger partial charge in [-0.3, -0.25) is 0 Å². The van der Waals surface area contributed by atoms with Gasteiger partial charge >= 0.3 is 6.09 Å². The molecule has 1 aliphatic carbocycles. The van der Waals surface area contributed by atoms with Crippen LogP contribution in [0.25, 0.3) is 0 Å². The minimum Gasteiger partial charge on any atom is -0.491 e. The molecule has 1 amide bonds. The van der Waals surface area contributed by atoms with Crippen molar-refractivity contribution in [2.45, 2.75) is 39.2 Å². The maximum absolute atomic E-state index is 11.8. The molecule has 0 heterocycles. The zero-order valence-electron chi connectivity index (χ0n) is 14.0. The van der Waals surface area contributed by atoms with E-state index in [9.17, 15) is 4.79 Å².